The lowest BCUT2D eigenvalue weighted by molar-refractivity contribution is -0.152. The average molecular weight is 160 g/mol. The van der Waals surface area contributed by atoms with E-state index in [9.17, 15) is 9.59 Å². The molecule has 0 saturated heterocycles. The summed E-state index contributed by atoms with van der Waals surface area (Å²) >= 11 is 0. The number of hydrogen-bond acceptors (Lipinski definition) is 3. The van der Waals surface area contributed by atoms with E-state index in [1.807, 2.05) is 0 Å². The molecule has 0 aromatic rings. The van der Waals surface area contributed by atoms with E-state index in [4.69, 9.17) is 10.2 Å². The molecule has 0 unspecified atom stereocenters. The molecule has 0 aliphatic heterocycles. The van der Waals surface area contributed by atoms with Gasteiger partial charge in [0.1, 0.15) is 6.29 Å². The van der Waals surface area contributed by atoms with Gasteiger partial charge in [-0.25, -0.2) is 4.79 Å². The minimum Gasteiger partial charge on any atom is -0.479 e. The summed E-state index contributed by atoms with van der Waals surface area (Å²) in [6.07, 6.45) is -1.10. The third-order valence-electron chi connectivity index (χ3n) is 1.54. The van der Waals surface area contributed by atoms with Gasteiger partial charge in [0.05, 0.1) is 5.92 Å². The Balaban J connectivity index is 4.25. The van der Waals surface area contributed by atoms with E-state index in [0.717, 1.165) is 0 Å². The van der Waals surface area contributed by atoms with Gasteiger partial charge in [0.25, 0.3) is 0 Å². The Labute approximate surface area is 64.8 Å². The van der Waals surface area contributed by atoms with Crippen molar-refractivity contribution in [2.75, 3.05) is 0 Å². The summed E-state index contributed by atoms with van der Waals surface area (Å²) in [5.74, 6) is -2.32. The quantitative estimate of drug-likeness (QED) is 0.563. The lowest BCUT2D eigenvalue weighted by atomic mass is 9.92. The smallest absolute Gasteiger partial charge is 0.333 e. The number of carbonyl (C=O) groups is 2. The van der Waals surface area contributed by atoms with Gasteiger partial charge in [-0.15, -0.1) is 0 Å². The van der Waals surface area contributed by atoms with Gasteiger partial charge < -0.3 is 15.0 Å². The van der Waals surface area contributed by atoms with E-state index in [-0.39, 0.29) is 5.92 Å². The highest BCUT2D eigenvalue weighted by molar-refractivity contribution is 5.77. The second-order valence-corrected chi connectivity index (χ2v) is 2.74. The van der Waals surface area contributed by atoms with Gasteiger partial charge >= 0.3 is 5.97 Å². The van der Waals surface area contributed by atoms with Crippen LogP contribution in [0.5, 0.6) is 0 Å². The molecule has 0 aliphatic rings. The molecule has 11 heavy (non-hydrogen) atoms. The number of aldehydes is 1. The van der Waals surface area contributed by atoms with Crippen molar-refractivity contribution < 1.29 is 19.8 Å². The van der Waals surface area contributed by atoms with Crippen LogP contribution in [0.4, 0.5) is 0 Å². The fraction of sp³-hybridized carbons (Fsp3) is 0.714. The molecule has 0 aromatic heterocycles. The van der Waals surface area contributed by atoms with Gasteiger partial charge in [-0.05, 0) is 5.92 Å². The molecule has 0 amide bonds. The number of aliphatic hydroxyl groups is 1. The molecule has 0 bridgehead atoms. The van der Waals surface area contributed by atoms with E-state index in [1.165, 1.54) is 0 Å². The van der Waals surface area contributed by atoms with Gasteiger partial charge in [0.2, 0.25) is 0 Å². The van der Waals surface area contributed by atoms with Crippen LogP contribution in [0.2, 0.25) is 0 Å². The first-order valence-electron chi connectivity index (χ1n) is 3.37. The van der Waals surface area contributed by atoms with E-state index < -0.39 is 18.0 Å². The third-order valence-corrected chi connectivity index (χ3v) is 1.54. The van der Waals surface area contributed by atoms with Gasteiger partial charge in [-0.2, -0.15) is 0 Å². The van der Waals surface area contributed by atoms with Gasteiger partial charge in [-0.1, -0.05) is 13.8 Å². The lowest BCUT2D eigenvalue weighted by Crippen LogP contribution is -2.33. The monoisotopic (exact) mass is 160 g/mol. The Morgan fingerprint density at radius 1 is 1.45 bits per heavy atom. The molecular formula is C7H12O4. The van der Waals surface area contributed by atoms with E-state index in [0.29, 0.717) is 6.29 Å². The number of hydrogen-bond donors (Lipinski definition) is 2. The normalized spacial score (nSPS) is 16.0. The first-order valence-corrected chi connectivity index (χ1v) is 3.37. The van der Waals surface area contributed by atoms with Crippen LogP contribution in [0.15, 0.2) is 0 Å². The van der Waals surface area contributed by atoms with E-state index in [2.05, 4.69) is 0 Å². The second-order valence-electron chi connectivity index (χ2n) is 2.74. The molecule has 0 aromatic carbocycles. The highest BCUT2D eigenvalue weighted by Gasteiger charge is 2.27. The Morgan fingerprint density at radius 2 is 1.91 bits per heavy atom. The van der Waals surface area contributed by atoms with Crippen molar-refractivity contribution >= 4 is 12.3 Å². The van der Waals surface area contributed by atoms with Crippen molar-refractivity contribution in [3.63, 3.8) is 0 Å². The maximum Gasteiger partial charge on any atom is 0.333 e. The number of aliphatic hydroxyl groups excluding tert-OH is 1. The van der Waals surface area contributed by atoms with Crippen LogP contribution in [-0.4, -0.2) is 28.6 Å². The lowest BCUT2D eigenvalue weighted by Gasteiger charge is -2.16. The molecular weight excluding hydrogens is 148 g/mol. The number of aliphatic carboxylic acids is 1. The Kier molecular flexibility index (Phi) is 3.74. The molecule has 0 fully saturated rings. The summed E-state index contributed by atoms with van der Waals surface area (Å²) in [5.41, 5.74) is 0. The molecule has 2 N–H and O–H groups in total. The van der Waals surface area contributed by atoms with Gasteiger partial charge in [-0.3, -0.25) is 0 Å². The molecule has 0 spiro atoms. The minimum atomic E-state index is -1.58. The van der Waals surface area contributed by atoms with Crippen LogP contribution < -0.4 is 0 Å². The first kappa shape index (κ1) is 10.1. The zero-order valence-electron chi connectivity index (χ0n) is 6.52. The Bertz CT molecular complexity index is 153. The predicted molar refractivity (Wildman–Crippen MR) is 38.0 cm³/mol. The van der Waals surface area contributed by atoms with Crippen LogP contribution in [0.25, 0.3) is 0 Å². The van der Waals surface area contributed by atoms with Crippen LogP contribution in [-0.2, 0) is 9.59 Å². The number of rotatable bonds is 4. The van der Waals surface area contributed by atoms with Gasteiger partial charge in [0.15, 0.2) is 6.10 Å². The molecule has 2 atom stereocenters. The van der Waals surface area contributed by atoms with E-state index >= 15 is 0 Å². The molecule has 0 aliphatic carbocycles. The zero-order chi connectivity index (χ0) is 9.02. The van der Waals surface area contributed by atoms with Crippen LogP contribution in [0.1, 0.15) is 13.8 Å². The predicted octanol–water partition coefficient (Wildman–Crippen LogP) is -0.0970. The van der Waals surface area contributed by atoms with Crippen LogP contribution in [0, 0.1) is 11.8 Å². The molecule has 0 heterocycles. The number of carboxylic acid groups (broad SMARTS) is 1. The van der Waals surface area contributed by atoms with Crippen molar-refractivity contribution in [2.24, 2.45) is 11.8 Å². The summed E-state index contributed by atoms with van der Waals surface area (Å²) in [7, 11) is 0. The summed E-state index contributed by atoms with van der Waals surface area (Å²) in [4.78, 5) is 20.5. The largest absolute Gasteiger partial charge is 0.479 e. The van der Waals surface area contributed by atoms with Crippen molar-refractivity contribution in [3.8, 4) is 0 Å². The standard InChI is InChI=1S/C7H12O4/c1-4(2)5(3-8)6(9)7(10)11/h3-6,9H,1-2H3,(H,10,11)/t5-,6+/m0/s1. The number of carboxylic acids is 1. The van der Waals surface area contributed by atoms with Gasteiger partial charge in [0, 0.05) is 0 Å². The topological polar surface area (TPSA) is 74.6 Å². The van der Waals surface area contributed by atoms with Crippen molar-refractivity contribution in [2.45, 2.75) is 20.0 Å². The first-order chi connectivity index (χ1) is 5.00. The summed E-state index contributed by atoms with van der Waals surface area (Å²) in [6.45, 7) is 3.37. The average Bonchev–Trinajstić information content (AvgIpc) is 1.88. The molecule has 0 rings (SSSR count). The molecule has 64 valence electrons. The molecule has 0 radical (unpaired) electrons. The minimum absolute atomic E-state index is 0.154. The van der Waals surface area contributed by atoms with Crippen LogP contribution in [0.3, 0.4) is 0 Å². The molecule has 4 nitrogen and oxygen atoms in total. The fourth-order valence-corrected chi connectivity index (χ4v) is 0.761. The van der Waals surface area contributed by atoms with Crippen LogP contribution >= 0.6 is 0 Å². The second kappa shape index (κ2) is 4.08. The van der Waals surface area contributed by atoms with Crippen molar-refractivity contribution in [1.29, 1.82) is 0 Å². The summed E-state index contributed by atoms with van der Waals surface area (Å²) in [5, 5.41) is 17.2. The maximum atomic E-state index is 10.3. The molecule has 4 heteroatoms. The van der Waals surface area contributed by atoms with Crippen molar-refractivity contribution in [1.82, 2.24) is 0 Å². The fourth-order valence-electron chi connectivity index (χ4n) is 0.761. The number of carbonyl (C=O) groups excluding carboxylic acids is 1. The molecule has 0 saturated carbocycles. The zero-order valence-corrected chi connectivity index (χ0v) is 6.52. The Morgan fingerprint density at radius 3 is 2.00 bits per heavy atom. The summed E-state index contributed by atoms with van der Waals surface area (Å²) < 4.78 is 0. The highest BCUT2D eigenvalue weighted by atomic mass is 16.4. The van der Waals surface area contributed by atoms with E-state index in [1.54, 1.807) is 13.8 Å². The Hall–Kier alpha value is -0.900. The summed E-state index contributed by atoms with van der Waals surface area (Å²) in [6, 6.07) is 0. The highest BCUT2D eigenvalue weighted by Crippen LogP contribution is 2.12. The SMILES string of the molecule is CC(C)[C@H](C=O)[C@@H](O)C(=O)O. The van der Waals surface area contributed by atoms with Crippen molar-refractivity contribution in [3.05, 3.63) is 0 Å². The third kappa shape index (κ3) is 2.67. The maximum absolute atomic E-state index is 10.3.